The molecule has 4 nitrogen and oxygen atoms in total. The number of halogens is 1. The van der Waals surface area contributed by atoms with Gasteiger partial charge in [-0.3, -0.25) is 4.79 Å². The molecule has 0 spiro atoms. The molecule has 4 rings (SSSR count). The predicted molar refractivity (Wildman–Crippen MR) is 97.9 cm³/mol. The second kappa shape index (κ2) is 6.11. The molecule has 2 aromatic heterocycles. The van der Waals surface area contributed by atoms with E-state index in [0.29, 0.717) is 16.5 Å². The van der Waals surface area contributed by atoms with E-state index >= 15 is 0 Å². The van der Waals surface area contributed by atoms with E-state index in [9.17, 15) is 4.79 Å². The maximum Gasteiger partial charge on any atom is 0.272 e. The molecule has 0 bridgehead atoms. The summed E-state index contributed by atoms with van der Waals surface area (Å²) >= 11 is 5.99. The van der Waals surface area contributed by atoms with Gasteiger partial charge in [0.1, 0.15) is 5.52 Å². The van der Waals surface area contributed by atoms with Crippen LogP contribution in [0.15, 0.2) is 47.5 Å². The van der Waals surface area contributed by atoms with Crippen LogP contribution in [0, 0.1) is 0 Å². The molecular formula is C19H20ClN3O. The zero-order chi connectivity index (χ0) is 16.7. The number of benzene rings is 1. The summed E-state index contributed by atoms with van der Waals surface area (Å²) in [7, 11) is 2.18. The number of H-pyrrole nitrogens is 1. The lowest BCUT2D eigenvalue weighted by Crippen LogP contribution is -2.29. The molecule has 1 aromatic carbocycles. The lowest BCUT2D eigenvalue weighted by atomic mass is 9.89. The lowest BCUT2D eigenvalue weighted by molar-refractivity contribution is 0.255. The smallest absolute Gasteiger partial charge is 0.272 e. The van der Waals surface area contributed by atoms with Crippen LogP contribution in [0.4, 0.5) is 0 Å². The molecule has 1 fully saturated rings. The molecule has 3 heterocycles. The first-order valence-corrected chi connectivity index (χ1v) is 8.67. The molecule has 1 aliphatic heterocycles. The van der Waals surface area contributed by atoms with Crippen molar-refractivity contribution in [3.63, 3.8) is 0 Å². The normalized spacial score (nSPS) is 16.8. The molecule has 0 aliphatic carbocycles. The quantitative estimate of drug-likeness (QED) is 0.771. The minimum Gasteiger partial charge on any atom is -0.319 e. The third kappa shape index (κ3) is 2.87. The fourth-order valence-electron chi connectivity index (χ4n) is 3.52. The SMILES string of the molecule is CN1CCC(c2ccc(-c3cn4cc(Cl)cc4c(=O)[nH]3)cc2)CC1. The topological polar surface area (TPSA) is 40.5 Å². The lowest BCUT2D eigenvalue weighted by Gasteiger charge is -2.29. The Hall–Kier alpha value is -2.04. The fourth-order valence-corrected chi connectivity index (χ4v) is 3.72. The number of nitrogens with zero attached hydrogens (tertiary/aromatic N) is 2. The van der Waals surface area contributed by atoms with Gasteiger partial charge in [0.05, 0.1) is 10.7 Å². The summed E-state index contributed by atoms with van der Waals surface area (Å²) in [6.45, 7) is 2.32. The summed E-state index contributed by atoms with van der Waals surface area (Å²) in [5.41, 5.74) is 3.63. The van der Waals surface area contributed by atoms with Crippen LogP contribution < -0.4 is 5.56 Å². The van der Waals surface area contributed by atoms with Crippen LogP contribution in [0.25, 0.3) is 16.8 Å². The molecule has 0 saturated carbocycles. The van der Waals surface area contributed by atoms with Crippen LogP contribution >= 0.6 is 11.6 Å². The van der Waals surface area contributed by atoms with Gasteiger partial charge in [0.2, 0.25) is 0 Å². The Balaban J connectivity index is 1.64. The monoisotopic (exact) mass is 341 g/mol. The van der Waals surface area contributed by atoms with E-state index in [4.69, 9.17) is 11.6 Å². The van der Waals surface area contributed by atoms with Crippen molar-refractivity contribution in [3.8, 4) is 11.3 Å². The van der Waals surface area contributed by atoms with Gasteiger partial charge in [0.25, 0.3) is 5.56 Å². The first-order valence-electron chi connectivity index (χ1n) is 8.29. The first kappa shape index (κ1) is 15.5. The number of rotatable bonds is 2. The highest BCUT2D eigenvalue weighted by Crippen LogP contribution is 2.29. The van der Waals surface area contributed by atoms with E-state index in [0.717, 1.165) is 24.3 Å². The molecule has 0 atom stereocenters. The average Bonchev–Trinajstić information content (AvgIpc) is 2.97. The van der Waals surface area contributed by atoms with Crippen LogP contribution in [-0.4, -0.2) is 34.4 Å². The van der Waals surface area contributed by atoms with Gasteiger partial charge >= 0.3 is 0 Å². The van der Waals surface area contributed by atoms with E-state index in [2.05, 4.69) is 41.2 Å². The molecule has 0 amide bonds. The highest BCUT2D eigenvalue weighted by Gasteiger charge is 2.18. The number of aromatic amines is 1. The fraction of sp³-hybridized carbons (Fsp3) is 0.316. The maximum atomic E-state index is 12.2. The zero-order valence-corrected chi connectivity index (χ0v) is 14.4. The standard InChI is InChI=1S/C19H20ClN3O/c1-22-8-6-14(7-9-22)13-2-4-15(5-3-13)17-12-23-11-16(20)10-18(23)19(24)21-17/h2-5,10-12,14H,6-9H2,1H3,(H,21,24). The van der Waals surface area contributed by atoms with Gasteiger partial charge in [-0.15, -0.1) is 0 Å². The molecule has 5 heteroatoms. The van der Waals surface area contributed by atoms with Crippen LogP contribution in [0.3, 0.4) is 0 Å². The molecule has 0 unspecified atom stereocenters. The van der Waals surface area contributed by atoms with E-state index in [1.165, 1.54) is 18.4 Å². The average molecular weight is 342 g/mol. The van der Waals surface area contributed by atoms with Crippen molar-refractivity contribution in [2.75, 3.05) is 20.1 Å². The van der Waals surface area contributed by atoms with Crippen molar-refractivity contribution in [2.24, 2.45) is 0 Å². The molecular weight excluding hydrogens is 322 g/mol. The van der Waals surface area contributed by atoms with Gasteiger partial charge in [-0.05, 0) is 56.1 Å². The third-order valence-electron chi connectivity index (χ3n) is 4.98. The molecule has 3 aromatic rings. The minimum atomic E-state index is -0.126. The summed E-state index contributed by atoms with van der Waals surface area (Å²) in [4.78, 5) is 17.5. The van der Waals surface area contributed by atoms with Crippen LogP contribution in [-0.2, 0) is 0 Å². The van der Waals surface area contributed by atoms with Crippen molar-refractivity contribution in [3.05, 3.63) is 63.7 Å². The van der Waals surface area contributed by atoms with Crippen molar-refractivity contribution < 1.29 is 0 Å². The van der Waals surface area contributed by atoms with E-state index in [-0.39, 0.29) is 5.56 Å². The van der Waals surface area contributed by atoms with Crippen molar-refractivity contribution in [1.29, 1.82) is 0 Å². The molecule has 1 saturated heterocycles. The van der Waals surface area contributed by atoms with Gasteiger partial charge in [-0.25, -0.2) is 0 Å². The Morgan fingerprint density at radius 3 is 2.54 bits per heavy atom. The summed E-state index contributed by atoms with van der Waals surface area (Å²) in [5.74, 6) is 0.639. The molecule has 1 aliphatic rings. The van der Waals surface area contributed by atoms with Gasteiger partial charge in [-0.2, -0.15) is 0 Å². The summed E-state index contributed by atoms with van der Waals surface area (Å²) in [5, 5.41) is 0.565. The van der Waals surface area contributed by atoms with E-state index in [1.807, 2.05) is 6.20 Å². The maximum absolute atomic E-state index is 12.2. The third-order valence-corrected chi connectivity index (χ3v) is 5.18. The number of hydrogen-bond donors (Lipinski definition) is 1. The molecule has 124 valence electrons. The molecule has 1 N–H and O–H groups in total. The Morgan fingerprint density at radius 1 is 1.12 bits per heavy atom. The zero-order valence-electron chi connectivity index (χ0n) is 13.6. The number of piperidine rings is 1. The summed E-state index contributed by atoms with van der Waals surface area (Å²) in [6, 6.07) is 10.2. The van der Waals surface area contributed by atoms with Gasteiger partial charge < -0.3 is 14.3 Å². The summed E-state index contributed by atoms with van der Waals surface area (Å²) < 4.78 is 1.78. The Morgan fingerprint density at radius 2 is 1.83 bits per heavy atom. The number of hydrogen-bond acceptors (Lipinski definition) is 2. The minimum absolute atomic E-state index is 0.126. The second-order valence-corrected chi connectivity index (χ2v) is 7.08. The Labute approximate surface area is 145 Å². The first-order chi connectivity index (χ1) is 11.6. The number of nitrogens with one attached hydrogen (secondary N) is 1. The molecule has 24 heavy (non-hydrogen) atoms. The predicted octanol–water partition coefficient (Wildman–Crippen LogP) is 3.76. The number of fused-ring (bicyclic) bond motifs is 1. The van der Waals surface area contributed by atoms with Gasteiger partial charge in [-0.1, -0.05) is 35.9 Å². The largest absolute Gasteiger partial charge is 0.319 e. The highest BCUT2D eigenvalue weighted by atomic mass is 35.5. The van der Waals surface area contributed by atoms with Crippen LogP contribution in [0.5, 0.6) is 0 Å². The Bertz CT molecular complexity index is 918. The van der Waals surface area contributed by atoms with Crippen LogP contribution in [0.1, 0.15) is 24.3 Å². The second-order valence-electron chi connectivity index (χ2n) is 6.65. The van der Waals surface area contributed by atoms with Gasteiger partial charge in [0, 0.05) is 12.4 Å². The van der Waals surface area contributed by atoms with Crippen molar-refractivity contribution >= 4 is 17.1 Å². The Kier molecular flexibility index (Phi) is 3.94. The van der Waals surface area contributed by atoms with Crippen LogP contribution in [0.2, 0.25) is 5.02 Å². The highest BCUT2D eigenvalue weighted by molar-refractivity contribution is 6.31. The van der Waals surface area contributed by atoms with E-state index < -0.39 is 0 Å². The van der Waals surface area contributed by atoms with Crippen molar-refractivity contribution in [1.82, 2.24) is 14.3 Å². The molecule has 0 radical (unpaired) electrons. The van der Waals surface area contributed by atoms with E-state index in [1.54, 1.807) is 16.7 Å². The van der Waals surface area contributed by atoms with Crippen molar-refractivity contribution in [2.45, 2.75) is 18.8 Å². The number of likely N-dealkylation sites (tertiary alicyclic amines) is 1. The van der Waals surface area contributed by atoms with Gasteiger partial charge in [0.15, 0.2) is 0 Å². The number of aromatic nitrogens is 2. The summed E-state index contributed by atoms with van der Waals surface area (Å²) in [6.07, 6.45) is 6.08.